The lowest BCUT2D eigenvalue weighted by atomic mass is 10.2. The minimum absolute atomic E-state index is 0.132. The lowest BCUT2D eigenvalue weighted by Gasteiger charge is -2.12. The second kappa shape index (κ2) is 6.59. The topological polar surface area (TPSA) is 46.1 Å². The van der Waals surface area contributed by atoms with Crippen LogP contribution in [0.4, 0.5) is 0 Å². The van der Waals surface area contributed by atoms with Crippen molar-refractivity contribution >= 4 is 5.91 Å². The van der Waals surface area contributed by atoms with Gasteiger partial charge in [-0.15, -0.1) is 0 Å². The third-order valence-corrected chi connectivity index (χ3v) is 3.44. The van der Waals surface area contributed by atoms with Gasteiger partial charge in [-0.3, -0.25) is 4.79 Å². The molecule has 0 spiro atoms. The maximum atomic E-state index is 11.8. The number of hydrogen-bond acceptors (Lipinski definition) is 2. The SMILES string of the molecule is CCNCc1ccn(CC(=O)NC2CCCC2)c1. The average Bonchev–Trinajstić information content (AvgIpc) is 2.98. The predicted molar refractivity (Wildman–Crippen MR) is 72.2 cm³/mol. The molecule has 2 rings (SSSR count). The van der Waals surface area contributed by atoms with Gasteiger partial charge < -0.3 is 15.2 Å². The molecular formula is C14H23N3O. The van der Waals surface area contributed by atoms with Gasteiger partial charge in [-0.05, 0) is 31.0 Å². The number of aromatic nitrogens is 1. The van der Waals surface area contributed by atoms with Crippen LogP contribution in [0.5, 0.6) is 0 Å². The Hall–Kier alpha value is -1.29. The third kappa shape index (κ3) is 3.88. The Morgan fingerprint density at radius 1 is 1.44 bits per heavy atom. The van der Waals surface area contributed by atoms with E-state index in [0.717, 1.165) is 25.9 Å². The number of amides is 1. The van der Waals surface area contributed by atoms with Gasteiger partial charge in [0.15, 0.2) is 0 Å². The summed E-state index contributed by atoms with van der Waals surface area (Å²) in [6.45, 7) is 4.36. The number of nitrogens with one attached hydrogen (secondary N) is 2. The van der Waals surface area contributed by atoms with Gasteiger partial charge in [0.05, 0.1) is 0 Å². The van der Waals surface area contributed by atoms with E-state index in [4.69, 9.17) is 0 Å². The zero-order valence-corrected chi connectivity index (χ0v) is 11.1. The first-order valence-corrected chi connectivity index (χ1v) is 6.92. The lowest BCUT2D eigenvalue weighted by Crippen LogP contribution is -2.34. The van der Waals surface area contributed by atoms with E-state index < -0.39 is 0 Å². The molecule has 1 amide bonds. The molecule has 4 nitrogen and oxygen atoms in total. The summed E-state index contributed by atoms with van der Waals surface area (Å²) in [6.07, 6.45) is 8.80. The standard InChI is InChI=1S/C14H23N3O/c1-2-15-9-12-7-8-17(10-12)11-14(18)16-13-5-3-4-6-13/h7-8,10,13,15H,2-6,9,11H2,1H3,(H,16,18). The monoisotopic (exact) mass is 249 g/mol. The molecule has 0 atom stereocenters. The lowest BCUT2D eigenvalue weighted by molar-refractivity contribution is -0.122. The molecule has 0 unspecified atom stereocenters. The summed E-state index contributed by atoms with van der Waals surface area (Å²) in [6, 6.07) is 2.47. The molecule has 1 fully saturated rings. The highest BCUT2D eigenvalue weighted by Gasteiger charge is 2.16. The molecule has 4 heteroatoms. The fraction of sp³-hybridized carbons (Fsp3) is 0.643. The first-order valence-electron chi connectivity index (χ1n) is 6.92. The van der Waals surface area contributed by atoms with Crippen LogP contribution in [0.1, 0.15) is 38.2 Å². The van der Waals surface area contributed by atoms with Gasteiger partial charge in [0, 0.05) is 25.0 Å². The minimum Gasteiger partial charge on any atom is -0.352 e. The molecule has 0 radical (unpaired) electrons. The fourth-order valence-electron chi connectivity index (χ4n) is 2.47. The van der Waals surface area contributed by atoms with Crippen molar-refractivity contribution in [3.05, 3.63) is 24.0 Å². The van der Waals surface area contributed by atoms with E-state index in [1.807, 2.05) is 17.0 Å². The Balaban J connectivity index is 1.77. The second-order valence-corrected chi connectivity index (χ2v) is 5.02. The first-order chi connectivity index (χ1) is 8.78. The van der Waals surface area contributed by atoms with E-state index in [2.05, 4.69) is 23.6 Å². The number of nitrogens with zero attached hydrogens (tertiary/aromatic N) is 1. The van der Waals surface area contributed by atoms with Crippen molar-refractivity contribution in [1.82, 2.24) is 15.2 Å². The second-order valence-electron chi connectivity index (χ2n) is 5.02. The summed E-state index contributed by atoms with van der Waals surface area (Å²) in [5, 5.41) is 6.38. The molecule has 1 aromatic heterocycles. The van der Waals surface area contributed by atoms with Crippen molar-refractivity contribution in [2.24, 2.45) is 0 Å². The Kier molecular flexibility index (Phi) is 4.81. The van der Waals surface area contributed by atoms with E-state index in [9.17, 15) is 4.79 Å². The predicted octanol–water partition coefficient (Wildman–Crippen LogP) is 1.66. The van der Waals surface area contributed by atoms with Gasteiger partial charge in [0.1, 0.15) is 6.54 Å². The third-order valence-electron chi connectivity index (χ3n) is 3.44. The molecule has 0 bridgehead atoms. The van der Waals surface area contributed by atoms with Crippen molar-refractivity contribution in [2.45, 2.75) is 51.7 Å². The highest BCUT2D eigenvalue weighted by Crippen LogP contribution is 2.17. The van der Waals surface area contributed by atoms with Crippen LogP contribution in [-0.2, 0) is 17.9 Å². The van der Waals surface area contributed by atoms with Crippen molar-refractivity contribution in [3.63, 3.8) is 0 Å². The molecule has 100 valence electrons. The number of carbonyl (C=O) groups excluding carboxylic acids is 1. The van der Waals surface area contributed by atoms with Crippen LogP contribution in [0.25, 0.3) is 0 Å². The summed E-state index contributed by atoms with van der Waals surface area (Å²) in [5.74, 6) is 0.132. The fourth-order valence-corrected chi connectivity index (χ4v) is 2.47. The Bertz CT molecular complexity index is 380. The molecule has 1 aliphatic carbocycles. The van der Waals surface area contributed by atoms with E-state index in [1.54, 1.807) is 0 Å². The van der Waals surface area contributed by atoms with Crippen LogP contribution in [0.2, 0.25) is 0 Å². The van der Waals surface area contributed by atoms with Gasteiger partial charge in [-0.1, -0.05) is 19.8 Å². The van der Waals surface area contributed by atoms with Crippen LogP contribution >= 0.6 is 0 Å². The molecule has 1 aliphatic rings. The summed E-state index contributed by atoms with van der Waals surface area (Å²) in [7, 11) is 0. The molecule has 18 heavy (non-hydrogen) atoms. The van der Waals surface area contributed by atoms with Crippen LogP contribution in [0.3, 0.4) is 0 Å². The van der Waals surface area contributed by atoms with E-state index in [-0.39, 0.29) is 5.91 Å². The first kappa shape index (κ1) is 13.1. The van der Waals surface area contributed by atoms with Gasteiger partial charge in [0.2, 0.25) is 5.91 Å². The Morgan fingerprint density at radius 2 is 2.22 bits per heavy atom. The molecule has 1 saturated carbocycles. The summed E-state index contributed by atoms with van der Waals surface area (Å²) in [4.78, 5) is 11.8. The van der Waals surface area contributed by atoms with Crippen LogP contribution < -0.4 is 10.6 Å². The van der Waals surface area contributed by atoms with Gasteiger partial charge in [-0.2, -0.15) is 0 Å². The summed E-state index contributed by atoms with van der Waals surface area (Å²) >= 11 is 0. The van der Waals surface area contributed by atoms with Crippen molar-refractivity contribution in [2.75, 3.05) is 6.54 Å². The van der Waals surface area contributed by atoms with Gasteiger partial charge in [0.25, 0.3) is 0 Å². The van der Waals surface area contributed by atoms with E-state index >= 15 is 0 Å². The molecule has 0 saturated heterocycles. The molecule has 1 heterocycles. The quantitative estimate of drug-likeness (QED) is 0.805. The van der Waals surface area contributed by atoms with E-state index in [1.165, 1.54) is 18.4 Å². The van der Waals surface area contributed by atoms with Crippen molar-refractivity contribution in [1.29, 1.82) is 0 Å². The molecular weight excluding hydrogens is 226 g/mol. The molecule has 1 aromatic rings. The Labute approximate surface area is 109 Å². The molecule has 0 aromatic carbocycles. The largest absolute Gasteiger partial charge is 0.352 e. The van der Waals surface area contributed by atoms with E-state index in [0.29, 0.717) is 12.6 Å². The highest BCUT2D eigenvalue weighted by molar-refractivity contribution is 5.76. The van der Waals surface area contributed by atoms with Crippen molar-refractivity contribution in [3.8, 4) is 0 Å². The normalized spacial score (nSPS) is 16.1. The van der Waals surface area contributed by atoms with Crippen molar-refractivity contribution < 1.29 is 4.79 Å². The maximum absolute atomic E-state index is 11.8. The summed E-state index contributed by atoms with van der Waals surface area (Å²) in [5.41, 5.74) is 1.23. The highest BCUT2D eigenvalue weighted by atomic mass is 16.2. The average molecular weight is 249 g/mol. The van der Waals surface area contributed by atoms with Gasteiger partial charge in [-0.25, -0.2) is 0 Å². The zero-order valence-electron chi connectivity index (χ0n) is 11.1. The van der Waals surface area contributed by atoms with Crippen LogP contribution in [-0.4, -0.2) is 23.1 Å². The number of rotatable bonds is 6. The van der Waals surface area contributed by atoms with Crippen LogP contribution in [0.15, 0.2) is 18.5 Å². The maximum Gasteiger partial charge on any atom is 0.240 e. The van der Waals surface area contributed by atoms with Crippen LogP contribution in [0, 0.1) is 0 Å². The number of hydrogen-bond donors (Lipinski definition) is 2. The number of carbonyl (C=O) groups is 1. The smallest absolute Gasteiger partial charge is 0.240 e. The minimum atomic E-state index is 0.132. The van der Waals surface area contributed by atoms with Gasteiger partial charge >= 0.3 is 0 Å². The molecule has 2 N–H and O–H groups in total. The molecule has 0 aliphatic heterocycles. The Morgan fingerprint density at radius 3 is 2.94 bits per heavy atom. The summed E-state index contributed by atoms with van der Waals surface area (Å²) < 4.78 is 1.96. The zero-order chi connectivity index (χ0) is 12.8.